The van der Waals surface area contributed by atoms with Crippen LogP contribution in [0.15, 0.2) is 11.9 Å². The van der Waals surface area contributed by atoms with Crippen LogP contribution in [0.5, 0.6) is 5.88 Å². The van der Waals surface area contributed by atoms with E-state index in [1.165, 1.54) is 11.9 Å². The van der Waals surface area contributed by atoms with Crippen LogP contribution in [-0.2, 0) is 4.79 Å². The van der Waals surface area contributed by atoms with Gasteiger partial charge >= 0.3 is 0 Å². The summed E-state index contributed by atoms with van der Waals surface area (Å²) in [6.07, 6.45) is 5.36. The van der Waals surface area contributed by atoms with E-state index in [0.717, 1.165) is 38.3 Å². The molecule has 1 N–H and O–H groups in total. The molecule has 3 heterocycles. The lowest BCUT2D eigenvalue weighted by atomic mass is 9.86. The van der Waals surface area contributed by atoms with Gasteiger partial charge in [0, 0.05) is 33.6 Å². The van der Waals surface area contributed by atoms with Crippen molar-refractivity contribution in [2.24, 2.45) is 5.92 Å². The van der Waals surface area contributed by atoms with Crippen LogP contribution >= 0.6 is 0 Å². The summed E-state index contributed by atoms with van der Waals surface area (Å²) in [6.45, 7) is 4.06. The number of carbonyl (C=O) groups is 1. The summed E-state index contributed by atoms with van der Waals surface area (Å²) in [7, 11) is 1.98. The molecule has 1 aromatic rings. The van der Waals surface area contributed by atoms with E-state index in [2.05, 4.69) is 9.97 Å². The Balaban J connectivity index is 1.82. The van der Waals surface area contributed by atoms with Gasteiger partial charge in [-0.2, -0.15) is 0 Å². The SMILES string of the molecule is CC(=O)N1CCC(C2=Cc3c(O)ncnc3N(C)C2)CC1. The van der Waals surface area contributed by atoms with Gasteiger partial charge in [0.05, 0.1) is 5.56 Å². The summed E-state index contributed by atoms with van der Waals surface area (Å²) in [6, 6.07) is 0. The number of nitrogens with zero attached hydrogens (tertiary/aromatic N) is 4. The molecule has 6 nitrogen and oxygen atoms in total. The van der Waals surface area contributed by atoms with E-state index in [9.17, 15) is 9.90 Å². The first-order valence-corrected chi connectivity index (χ1v) is 7.27. The van der Waals surface area contributed by atoms with E-state index < -0.39 is 0 Å². The topological polar surface area (TPSA) is 69.6 Å². The molecular formula is C15H20N4O2. The molecule has 3 rings (SSSR count). The molecule has 0 radical (unpaired) electrons. The summed E-state index contributed by atoms with van der Waals surface area (Å²) in [4.78, 5) is 23.4. The second-order valence-corrected chi connectivity index (χ2v) is 5.79. The molecular weight excluding hydrogens is 268 g/mol. The molecule has 0 spiro atoms. The smallest absolute Gasteiger partial charge is 0.223 e. The van der Waals surface area contributed by atoms with E-state index in [1.54, 1.807) is 6.92 Å². The Bertz CT molecular complexity index is 591. The Hall–Kier alpha value is -2.11. The van der Waals surface area contributed by atoms with Crippen LogP contribution < -0.4 is 4.90 Å². The fourth-order valence-corrected chi connectivity index (χ4v) is 3.20. The Morgan fingerprint density at radius 1 is 1.33 bits per heavy atom. The van der Waals surface area contributed by atoms with Crippen molar-refractivity contribution in [2.45, 2.75) is 19.8 Å². The summed E-state index contributed by atoms with van der Waals surface area (Å²) in [5.41, 5.74) is 1.99. The molecule has 0 unspecified atom stereocenters. The number of likely N-dealkylation sites (tertiary alicyclic amines) is 1. The molecule has 0 bridgehead atoms. The van der Waals surface area contributed by atoms with Crippen molar-refractivity contribution in [3.63, 3.8) is 0 Å². The van der Waals surface area contributed by atoms with Crippen LogP contribution in [0.3, 0.4) is 0 Å². The summed E-state index contributed by atoms with van der Waals surface area (Å²) >= 11 is 0. The molecule has 112 valence electrons. The predicted octanol–water partition coefficient (Wildman–Crippen LogP) is 1.27. The van der Waals surface area contributed by atoms with Gasteiger partial charge in [-0.15, -0.1) is 0 Å². The lowest BCUT2D eigenvalue weighted by Crippen LogP contribution is -2.39. The first-order valence-electron chi connectivity index (χ1n) is 7.27. The monoisotopic (exact) mass is 288 g/mol. The molecule has 1 saturated heterocycles. The number of hydrogen-bond acceptors (Lipinski definition) is 5. The average Bonchev–Trinajstić information content (AvgIpc) is 2.48. The highest BCUT2D eigenvalue weighted by Crippen LogP contribution is 2.35. The molecule has 1 fully saturated rings. The van der Waals surface area contributed by atoms with Crippen molar-refractivity contribution >= 4 is 17.8 Å². The number of amides is 1. The highest BCUT2D eigenvalue weighted by Gasteiger charge is 2.28. The number of hydrogen-bond donors (Lipinski definition) is 1. The van der Waals surface area contributed by atoms with Crippen LogP contribution in [0.25, 0.3) is 6.08 Å². The summed E-state index contributed by atoms with van der Waals surface area (Å²) in [5.74, 6) is 1.41. The molecule has 2 aliphatic rings. The predicted molar refractivity (Wildman–Crippen MR) is 79.9 cm³/mol. The van der Waals surface area contributed by atoms with Gasteiger partial charge in [0.25, 0.3) is 0 Å². The summed E-state index contributed by atoms with van der Waals surface area (Å²) < 4.78 is 0. The van der Waals surface area contributed by atoms with E-state index >= 15 is 0 Å². The maximum absolute atomic E-state index is 11.4. The minimum absolute atomic E-state index is 0.0326. The zero-order valence-electron chi connectivity index (χ0n) is 12.4. The van der Waals surface area contributed by atoms with Crippen molar-refractivity contribution in [3.8, 4) is 5.88 Å². The van der Waals surface area contributed by atoms with Crippen molar-refractivity contribution in [2.75, 3.05) is 31.6 Å². The van der Waals surface area contributed by atoms with Crippen molar-refractivity contribution in [1.82, 2.24) is 14.9 Å². The van der Waals surface area contributed by atoms with E-state index in [-0.39, 0.29) is 11.8 Å². The van der Waals surface area contributed by atoms with Gasteiger partial charge in [-0.1, -0.05) is 0 Å². The van der Waals surface area contributed by atoms with Gasteiger partial charge in [-0.05, 0) is 30.4 Å². The number of aromatic nitrogens is 2. The zero-order chi connectivity index (χ0) is 15.0. The quantitative estimate of drug-likeness (QED) is 0.843. The number of anilines is 1. The molecule has 0 aromatic carbocycles. The van der Waals surface area contributed by atoms with Crippen molar-refractivity contribution < 1.29 is 9.90 Å². The molecule has 0 atom stereocenters. The van der Waals surface area contributed by atoms with Crippen LogP contribution in [0, 0.1) is 5.92 Å². The second kappa shape index (κ2) is 5.35. The van der Waals surface area contributed by atoms with E-state index in [0.29, 0.717) is 11.5 Å². The van der Waals surface area contributed by atoms with Gasteiger partial charge in [-0.3, -0.25) is 4.79 Å². The molecule has 21 heavy (non-hydrogen) atoms. The van der Waals surface area contributed by atoms with Gasteiger partial charge in [-0.25, -0.2) is 9.97 Å². The first kappa shape index (κ1) is 13.9. The van der Waals surface area contributed by atoms with Crippen LogP contribution in [0.2, 0.25) is 0 Å². The third-order valence-electron chi connectivity index (χ3n) is 4.42. The molecule has 1 amide bonds. The Morgan fingerprint density at radius 3 is 2.71 bits per heavy atom. The van der Waals surface area contributed by atoms with Crippen molar-refractivity contribution in [1.29, 1.82) is 0 Å². The largest absolute Gasteiger partial charge is 0.493 e. The average molecular weight is 288 g/mol. The Kier molecular flexibility index (Phi) is 3.53. The standard InChI is InChI=1S/C15H20N4O2/c1-10(20)19-5-3-11(4-6-19)12-7-13-14(18(2)8-12)16-9-17-15(13)21/h7,9,11H,3-6,8H2,1-2H3,(H,16,17,21). The van der Waals surface area contributed by atoms with Crippen molar-refractivity contribution in [3.05, 3.63) is 17.5 Å². The lowest BCUT2D eigenvalue weighted by molar-refractivity contribution is -0.130. The van der Waals surface area contributed by atoms with Crippen LogP contribution in [-0.4, -0.2) is 52.6 Å². The number of likely N-dealkylation sites (N-methyl/N-ethyl adjacent to an activating group) is 1. The fourth-order valence-electron chi connectivity index (χ4n) is 3.20. The summed E-state index contributed by atoms with van der Waals surface area (Å²) in [5, 5.41) is 9.93. The van der Waals surface area contributed by atoms with Gasteiger partial charge in [0.15, 0.2) is 0 Å². The van der Waals surface area contributed by atoms with Gasteiger partial charge in [0.1, 0.15) is 12.1 Å². The maximum atomic E-state index is 11.4. The second-order valence-electron chi connectivity index (χ2n) is 5.79. The number of aromatic hydroxyl groups is 1. The normalized spacial score (nSPS) is 19.2. The molecule has 0 saturated carbocycles. The van der Waals surface area contributed by atoms with Crippen LogP contribution in [0.1, 0.15) is 25.3 Å². The highest BCUT2D eigenvalue weighted by molar-refractivity contribution is 5.74. The minimum Gasteiger partial charge on any atom is -0.493 e. The minimum atomic E-state index is 0.0326. The third-order valence-corrected chi connectivity index (χ3v) is 4.42. The number of piperidine rings is 1. The highest BCUT2D eigenvalue weighted by atomic mass is 16.3. The van der Waals surface area contributed by atoms with E-state index in [1.807, 2.05) is 22.9 Å². The maximum Gasteiger partial charge on any atom is 0.223 e. The zero-order valence-corrected chi connectivity index (χ0v) is 12.4. The van der Waals surface area contributed by atoms with Crippen LogP contribution in [0.4, 0.5) is 5.82 Å². The number of carbonyl (C=O) groups excluding carboxylic acids is 1. The van der Waals surface area contributed by atoms with E-state index in [4.69, 9.17) is 0 Å². The number of fused-ring (bicyclic) bond motifs is 1. The number of rotatable bonds is 1. The fraction of sp³-hybridized carbons (Fsp3) is 0.533. The van der Waals surface area contributed by atoms with Gasteiger partial charge < -0.3 is 14.9 Å². The molecule has 2 aliphatic heterocycles. The molecule has 1 aromatic heterocycles. The first-order chi connectivity index (χ1) is 10.1. The molecule has 0 aliphatic carbocycles. The molecule has 6 heteroatoms. The Morgan fingerprint density at radius 2 is 2.05 bits per heavy atom. The third kappa shape index (κ3) is 2.57. The lowest BCUT2D eigenvalue weighted by Gasteiger charge is -2.36. The van der Waals surface area contributed by atoms with Gasteiger partial charge in [0.2, 0.25) is 11.8 Å². The Labute approximate surface area is 124 Å².